The molecule has 0 bridgehead atoms. The molecule has 5 heteroatoms. The van der Waals surface area contributed by atoms with Crippen molar-refractivity contribution >= 4 is 11.9 Å². The van der Waals surface area contributed by atoms with E-state index in [1.807, 2.05) is 13.0 Å². The zero-order valence-electron chi connectivity index (χ0n) is 14.3. The van der Waals surface area contributed by atoms with Gasteiger partial charge in [0.25, 0.3) is 5.91 Å². The second-order valence-electron chi connectivity index (χ2n) is 7.45. The molecular weight excluding hydrogens is 302 g/mol. The van der Waals surface area contributed by atoms with Crippen molar-refractivity contribution in [2.45, 2.75) is 51.0 Å². The molecule has 2 saturated heterocycles. The van der Waals surface area contributed by atoms with Crippen molar-refractivity contribution in [2.24, 2.45) is 0 Å². The number of nitrogens with one attached hydrogen (secondary N) is 1. The maximum atomic E-state index is 13.0. The summed E-state index contributed by atoms with van der Waals surface area (Å²) >= 11 is 0. The number of hydrogen-bond donors (Lipinski definition) is 1. The van der Waals surface area contributed by atoms with Crippen LogP contribution in [0.3, 0.4) is 0 Å². The van der Waals surface area contributed by atoms with Crippen LogP contribution in [0, 0.1) is 0 Å². The highest BCUT2D eigenvalue weighted by molar-refractivity contribution is 6.07. The number of carbonyl (C=O) groups is 2. The maximum absolute atomic E-state index is 13.0. The first-order valence-corrected chi connectivity index (χ1v) is 9.07. The molecule has 2 fully saturated rings. The lowest BCUT2D eigenvalue weighted by Gasteiger charge is -2.30. The zero-order chi connectivity index (χ0) is 16.7. The van der Waals surface area contributed by atoms with Crippen molar-refractivity contribution in [3.05, 3.63) is 34.9 Å². The summed E-state index contributed by atoms with van der Waals surface area (Å²) in [6.07, 6.45) is 6.89. The fraction of sp³-hybridized carbons (Fsp3) is 0.579. The number of imide groups is 1. The predicted octanol–water partition coefficient (Wildman–Crippen LogP) is 2.39. The minimum absolute atomic E-state index is 0.129. The van der Waals surface area contributed by atoms with Gasteiger partial charge in [-0.05, 0) is 68.8 Å². The molecule has 1 aromatic rings. The number of piperidine rings is 1. The van der Waals surface area contributed by atoms with Gasteiger partial charge in [0.05, 0.1) is 6.67 Å². The minimum atomic E-state index is -0.940. The highest BCUT2D eigenvalue weighted by Gasteiger charge is 2.49. The predicted molar refractivity (Wildman–Crippen MR) is 91.5 cm³/mol. The topological polar surface area (TPSA) is 52.7 Å². The number of fused-ring (bicyclic) bond motifs is 1. The van der Waals surface area contributed by atoms with Gasteiger partial charge >= 0.3 is 6.03 Å². The summed E-state index contributed by atoms with van der Waals surface area (Å²) < 4.78 is 0. The van der Waals surface area contributed by atoms with Gasteiger partial charge in [0.15, 0.2) is 0 Å². The van der Waals surface area contributed by atoms with E-state index in [-0.39, 0.29) is 11.9 Å². The van der Waals surface area contributed by atoms with Gasteiger partial charge in [-0.2, -0.15) is 0 Å². The Balaban J connectivity index is 1.57. The van der Waals surface area contributed by atoms with Gasteiger partial charge < -0.3 is 5.32 Å². The quantitative estimate of drug-likeness (QED) is 0.867. The lowest BCUT2D eigenvalue weighted by atomic mass is 9.90. The van der Waals surface area contributed by atoms with Crippen LogP contribution in [0.4, 0.5) is 4.79 Å². The van der Waals surface area contributed by atoms with Crippen LogP contribution in [0.2, 0.25) is 0 Å². The number of rotatable bonds is 3. The number of nitrogens with zero attached hydrogens (tertiary/aromatic N) is 2. The molecule has 0 saturated carbocycles. The van der Waals surface area contributed by atoms with E-state index in [0.29, 0.717) is 6.67 Å². The lowest BCUT2D eigenvalue weighted by molar-refractivity contribution is -0.132. The Morgan fingerprint density at radius 3 is 2.58 bits per heavy atom. The summed E-state index contributed by atoms with van der Waals surface area (Å²) in [7, 11) is 0. The maximum Gasteiger partial charge on any atom is 0.326 e. The van der Waals surface area contributed by atoms with Crippen LogP contribution in [0.15, 0.2) is 18.2 Å². The average molecular weight is 327 g/mol. The monoisotopic (exact) mass is 327 g/mol. The second kappa shape index (κ2) is 5.88. The van der Waals surface area contributed by atoms with Crippen molar-refractivity contribution in [2.75, 3.05) is 19.8 Å². The first-order chi connectivity index (χ1) is 11.6. The number of urea groups is 1. The highest BCUT2D eigenvalue weighted by atomic mass is 16.2. The van der Waals surface area contributed by atoms with Crippen molar-refractivity contribution in [1.82, 2.24) is 15.1 Å². The fourth-order valence-corrected chi connectivity index (χ4v) is 4.20. The number of benzene rings is 1. The molecule has 0 aromatic heterocycles. The lowest BCUT2D eigenvalue weighted by Crippen LogP contribution is -2.45. The number of carbonyl (C=O) groups excluding carboxylic acids is 2. The summed E-state index contributed by atoms with van der Waals surface area (Å²) in [6, 6.07) is 5.97. The van der Waals surface area contributed by atoms with Crippen LogP contribution in [0.5, 0.6) is 0 Å². The molecule has 4 rings (SSSR count). The van der Waals surface area contributed by atoms with Gasteiger partial charge in [0, 0.05) is 0 Å². The third kappa shape index (κ3) is 2.51. The van der Waals surface area contributed by atoms with Gasteiger partial charge in [-0.25, -0.2) is 9.69 Å². The molecule has 1 aliphatic carbocycles. The Kier molecular flexibility index (Phi) is 3.83. The number of hydrogen-bond acceptors (Lipinski definition) is 3. The highest BCUT2D eigenvalue weighted by Crippen LogP contribution is 2.32. The average Bonchev–Trinajstić information content (AvgIpc) is 3.14. The zero-order valence-corrected chi connectivity index (χ0v) is 14.3. The van der Waals surface area contributed by atoms with E-state index >= 15 is 0 Å². The van der Waals surface area contributed by atoms with E-state index in [1.54, 1.807) is 0 Å². The Labute approximate surface area is 143 Å². The van der Waals surface area contributed by atoms with Gasteiger partial charge in [0.1, 0.15) is 5.54 Å². The molecule has 24 heavy (non-hydrogen) atoms. The number of amides is 3. The van der Waals surface area contributed by atoms with E-state index in [0.717, 1.165) is 44.3 Å². The third-order valence-corrected chi connectivity index (χ3v) is 5.74. The SMILES string of the molecule is C[C@@]1(c2ccc3c(c2)CCC3)NC(=O)N(CN2CCCCC2)C1=O. The molecule has 2 heterocycles. The number of aryl methyl sites for hydroxylation is 2. The molecule has 0 spiro atoms. The summed E-state index contributed by atoms with van der Waals surface area (Å²) in [6.45, 7) is 4.17. The van der Waals surface area contributed by atoms with E-state index in [4.69, 9.17) is 0 Å². The largest absolute Gasteiger partial charge is 0.326 e. The van der Waals surface area contributed by atoms with Crippen molar-refractivity contribution in [3.8, 4) is 0 Å². The van der Waals surface area contributed by atoms with Gasteiger partial charge in [0.2, 0.25) is 0 Å². The third-order valence-electron chi connectivity index (χ3n) is 5.74. The Hall–Kier alpha value is -1.88. The van der Waals surface area contributed by atoms with E-state index in [9.17, 15) is 9.59 Å². The first-order valence-electron chi connectivity index (χ1n) is 9.07. The Bertz CT molecular complexity index is 681. The summed E-state index contributed by atoms with van der Waals surface area (Å²) in [5.41, 5.74) is 2.67. The van der Waals surface area contributed by atoms with E-state index in [2.05, 4.69) is 22.3 Å². The van der Waals surface area contributed by atoms with Crippen molar-refractivity contribution < 1.29 is 9.59 Å². The van der Waals surface area contributed by atoms with Crippen LogP contribution in [-0.2, 0) is 23.2 Å². The van der Waals surface area contributed by atoms with Gasteiger partial charge in [-0.15, -0.1) is 0 Å². The molecule has 0 unspecified atom stereocenters. The van der Waals surface area contributed by atoms with E-state index in [1.165, 1.54) is 28.9 Å². The molecule has 2 aliphatic heterocycles. The Morgan fingerprint density at radius 2 is 1.79 bits per heavy atom. The van der Waals surface area contributed by atoms with Crippen LogP contribution < -0.4 is 5.32 Å². The Morgan fingerprint density at radius 1 is 1.04 bits per heavy atom. The molecule has 1 N–H and O–H groups in total. The first kappa shape index (κ1) is 15.6. The fourth-order valence-electron chi connectivity index (χ4n) is 4.20. The molecule has 1 aromatic carbocycles. The standard InChI is InChI=1S/C19H25N3O2/c1-19(16-9-8-14-6-5-7-15(14)12-16)17(23)22(18(24)20-19)13-21-10-3-2-4-11-21/h8-9,12H,2-7,10-11,13H2,1H3,(H,20,24)/t19-/m0/s1. The van der Waals surface area contributed by atoms with Gasteiger partial charge in [-0.3, -0.25) is 9.69 Å². The van der Waals surface area contributed by atoms with Crippen molar-refractivity contribution in [1.29, 1.82) is 0 Å². The second-order valence-corrected chi connectivity index (χ2v) is 7.45. The smallest absolute Gasteiger partial charge is 0.319 e. The van der Waals surface area contributed by atoms with Crippen molar-refractivity contribution in [3.63, 3.8) is 0 Å². The molecule has 3 amide bonds. The van der Waals surface area contributed by atoms with Crippen LogP contribution >= 0.6 is 0 Å². The number of likely N-dealkylation sites (tertiary alicyclic amines) is 1. The van der Waals surface area contributed by atoms with Gasteiger partial charge in [-0.1, -0.05) is 24.6 Å². The summed E-state index contributed by atoms with van der Waals surface area (Å²) in [5.74, 6) is -0.129. The van der Waals surface area contributed by atoms with Crippen LogP contribution in [0.1, 0.15) is 49.3 Å². The molecule has 1 atom stereocenters. The molecule has 5 nitrogen and oxygen atoms in total. The normalized spacial score (nSPS) is 27.5. The molecule has 0 radical (unpaired) electrons. The molecule has 3 aliphatic rings. The molecular formula is C19H25N3O2. The van der Waals surface area contributed by atoms with Crippen LogP contribution in [0.25, 0.3) is 0 Å². The van der Waals surface area contributed by atoms with Crippen LogP contribution in [-0.4, -0.2) is 41.5 Å². The summed E-state index contributed by atoms with van der Waals surface area (Å²) in [5, 5.41) is 2.94. The van der Waals surface area contributed by atoms with E-state index < -0.39 is 5.54 Å². The molecule has 128 valence electrons. The minimum Gasteiger partial charge on any atom is -0.319 e. The summed E-state index contributed by atoms with van der Waals surface area (Å²) in [4.78, 5) is 29.1.